The van der Waals surface area contributed by atoms with Crippen LogP contribution in [0.5, 0.6) is 0 Å². The van der Waals surface area contributed by atoms with Gasteiger partial charge in [0.25, 0.3) is 5.89 Å². The third-order valence-electron chi connectivity index (χ3n) is 5.76. The highest BCUT2D eigenvalue weighted by molar-refractivity contribution is 5.80. The van der Waals surface area contributed by atoms with E-state index in [0.717, 1.165) is 66.1 Å². The molecule has 0 unspecified atom stereocenters. The summed E-state index contributed by atoms with van der Waals surface area (Å²) in [6.45, 7) is 1.93. The number of aromatic nitrogens is 5. The van der Waals surface area contributed by atoms with Crippen LogP contribution < -0.4 is 4.90 Å². The number of fused-ring (bicyclic) bond motifs is 2. The van der Waals surface area contributed by atoms with Crippen LogP contribution in [0, 0.1) is 5.92 Å². The Morgan fingerprint density at radius 1 is 1.10 bits per heavy atom. The molecule has 1 saturated heterocycles. The van der Waals surface area contributed by atoms with Gasteiger partial charge in [-0.15, -0.1) is 0 Å². The van der Waals surface area contributed by atoms with Crippen LogP contribution >= 0.6 is 0 Å². The van der Waals surface area contributed by atoms with E-state index in [9.17, 15) is 0 Å². The number of furan rings is 1. The monoisotopic (exact) mass is 400 g/mol. The molecular formula is C22H20N6O2. The van der Waals surface area contributed by atoms with Crippen LogP contribution in [0.15, 0.2) is 57.7 Å². The second-order valence-corrected chi connectivity index (χ2v) is 7.75. The highest BCUT2D eigenvalue weighted by atomic mass is 16.5. The SMILES string of the molecule is c1ccc2[nH]c(N3CCC(Cc4noc(-c5cc6cnccc6o5)n4)CC3)nc2c1. The van der Waals surface area contributed by atoms with Gasteiger partial charge in [-0.25, -0.2) is 4.98 Å². The molecule has 0 bridgehead atoms. The Labute approximate surface area is 171 Å². The molecule has 0 saturated carbocycles. The molecule has 0 atom stereocenters. The summed E-state index contributed by atoms with van der Waals surface area (Å²) < 4.78 is 11.2. The van der Waals surface area contributed by atoms with Gasteiger partial charge in [0.1, 0.15) is 5.58 Å². The number of nitrogens with zero attached hydrogens (tertiary/aromatic N) is 5. The quantitative estimate of drug-likeness (QED) is 0.482. The maximum absolute atomic E-state index is 5.79. The van der Waals surface area contributed by atoms with Crippen molar-refractivity contribution < 1.29 is 8.94 Å². The summed E-state index contributed by atoms with van der Waals surface area (Å²) in [6.07, 6.45) is 6.40. The Morgan fingerprint density at radius 3 is 2.87 bits per heavy atom. The lowest BCUT2D eigenvalue weighted by Crippen LogP contribution is -2.35. The summed E-state index contributed by atoms with van der Waals surface area (Å²) in [7, 11) is 0. The number of nitrogens with one attached hydrogen (secondary N) is 1. The maximum atomic E-state index is 5.79. The van der Waals surface area contributed by atoms with E-state index in [1.807, 2.05) is 30.3 Å². The highest BCUT2D eigenvalue weighted by Crippen LogP contribution is 2.28. The van der Waals surface area contributed by atoms with Gasteiger partial charge in [0.2, 0.25) is 5.95 Å². The molecule has 8 nitrogen and oxygen atoms in total. The summed E-state index contributed by atoms with van der Waals surface area (Å²) in [6, 6.07) is 11.8. The molecule has 6 rings (SSSR count). The number of hydrogen-bond acceptors (Lipinski definition) is 7. The van der Waals surface area contributed by atoms with Gasteiger partial charge >= 0.3 is 0 Å². The first-order valence-corrected chi connectivity index (χ1v) is 10.2. The summed E-state index contributed by atoms with van der Waals surface area (Å²) in [5.41, 5.74) is 2.85. The first-order chi connectivity index (χ1) is 14.8. The van der Waals surface area contributed by atoms with Crippen molar-refractivity contribution >= 4 is 28.0 Å². The Morgan fingerprint density at radius 2 is 2.00 bits per heavy atom. The van der Waals surface area contributed by atoms with E-state index >= 15 is 0 Å². The van der Waals surface area contributed by atoms with E-state index < -0.39 is 0 Å². The number of benzene rings is 1. The van der Waals surface area contributed by atoms with E-state index in [0.29, 0.717) is 17.6 Å². The maximum Gasteiger partial charge on any atom is 0.293 e. The lowest BCUT2D eigenvalue weighted by Gasteiger charge is -2.31. The van der Waals surface area contributed by atoms with Crippen LogP contribution in [0.25, 0.3) is 33.7 Å². The molecule has 30 heavy (non-hydrogen) atoms. The first kappa shape index (κ1) is 17.2. The summed E-state index contributed by atoms with van der Waals surface area (Å²) >= 11 is 0. The molecule has 0 radical (unpaired) electrons. The molecular weight excluding hydrogens is 380 g/mol. The number of piperidine rings is 1. The van der Waals surface area contributed by atoms with Gasteiger partial charge in [-0.2, -0.15) is 4.98 Å². The van der Waals surface area contributed by atoms with Crippen LogP contribution in [0.3, 0.4) is 0 Å². The van der Waals surface area contributed by atoms with Gasteiger partial charge in [-0.05, 0) is 43.0 Å². The topological polar surface area (TPSA) is 96.9 Å². The molecule has 150 valence electrons. The zero-order valence-electron chi connectivity index (χ0n) is 16.3. The Hall–Kier alpha value is -3.68. The number of para-hydroxylation sites is 2. The fourth-order valence-corrected chi connectivity index (χ4v) is 4.12. The number of rotatable bonds is 4. The zero-order chi connectivity index (χ0) is 19.9. The van der Waals surface area contributed by atoms with Crippen molar-refractivity contribution in [3.05, 3.63) is 54.6 Å². The molecule has 1 fully saturated rings. The number of pyridine rings is 1. The van der Waals surface area contributed by atoms with Crippen molar-refractivity contribution in [2.45, 2.75) is 19.3 Å². The lowest BCUT2D eigenvalue weighted by atomic mass is 9.93. The predicted molar refractivity (Wildman–Crippen MR) is 112 cm³/mol. The zero-order valence-corrected chi connectivity index (χ0v) is 16.3. The number of H-pyrrole nitrogens is 1. The predicted octanol–water partition coefficient (Wildman–Crippen LogP) is 4.21. The Bertz CT molecular complexity index is 1250. The Balaban J connectivity index is 1.11. The smallest absolute Gasteiger partial charge is 0.293 e. The van der Waals surface area contributed by atoms with Gasteiger partial charge in [-0.1, -0.05) is 17.3 Å². The van der Waals surface area contributed by atoms with Crippen LogP contribution in [-0.2, 0) is 6.42 Å². The van der Waals surface area contributed by atoms with E-state index in [2.05, 4.69) is 31.1 Å². The van der Waals surface area contributed by atoms with E-state index in [1.54, 1.807) is 12.4 Å². The molecule has 8 heteroatoms. The van der Waals surface area contributed by atoms with E-state index in [-0.39, 0.29) is 0 Å². The molecule has 5 aromatic rings. The summed E-state index contributed by atoms with van der Waals surface area (Å²) in [5, 5.41) is 5.09. The van der Waals surface area contributed by atoms with Crippen molar-refractivity contribution in [1.82, 2.24) is 25.1 Å². The van der Waals surface area contributed by atoms with Crippen molar-refractivity contribution in [2.24, 2.45) is 5.92 Å². The van der Waals surface area contributed by atoms with E-state index in [1.165, 1.54) is 0 Å². The average molecular weight is 400 g/mol. The minimum Gasteiger partial charge on any atom is -0.451 e. The second kappa shape index (κ2) is 6.98. The minimum atomic E-state index is 0.418. The molecule has 1 N–H and O–H groups in total. The van der Waals surface area contributed by atoms with Crippen LogP contribution in [0.2, 0.25) is 0 Å². The van der Waals surface area contributed by atoms with Crippen molar-refractivity contribution in [2.75, 3.05) is 18.0 Å². The third kappa shape index (κ3) is 3.10. The van der Waals surface area contributed by atoms with Crippen LogP contribution in [0.1, 0.15) is 18.7 Å². The van der Waals surface area contributed by atoms with Crippen molar-refractivity contribution in [1.29, 1.82) is 0 Å². The molecule has 0 spiro atoms. The van der Waals surface area contributed by atoms with Gasteiger partial charge in [0.15, 0.2) is 11.6 Å². The molecule has 5 heterocycles. The minimum absolute atomic E-state index is 0.418. The molecule has 0 aliphatic carbocycles. The van der Waals surface area contributed by atoms with E-state index in [4.69, 9.17) is 13.9 Å². The number of imidazole rings is 1. The Kier molecular flexibility index (Phi) is 4.00. The molecule has 1 aliphatic rings. The van der Waals surface area contributed by atoms with Gasteiger partial charge in [-0.3, -0.25) is 4.98 Å². The first-order valence-electron chi connectivity index (χ1n) is 10.2. The fourth-order valence-electron chi connectivity index (χ4n) is 4.12. The van der Waals surface area contributed by atoms with Crippen LogP contribution in [-0.4, -0.2) is 38.2 Å². The van der Waals surface area contributed by atoms with Crippen LogP contribution in [0.4, 0.5) is 5.95 Å². The van der Waals surface area contributed by atoms with Gasteiger partial charge in [0.05, 0.1) is 11.0 Å². The molecule has 1 aromatic carbocycles. The lowest BCUT2D eigenvalue weighted by molar-refractivity contribution is 0.374. The standard InChI is InChI=1S/C22H20N6O2/c1-2-4-17-16(3-1)24-22(25-17)28-9-6-14(7-10-28)11-20-26-21(30-27-20)19-12-15-13-23-8-5-18(15)29-19/h1-5,8,12-14H,6-7,9-11H2,(H,24,25). The number of anilines is 1. The summed E-state index contributed by atoms with van der Waals surface area (Å²) in [4.78, 5) is 19.1. The second-order valence-electron chi connectivity index (χ2n) is 7.75. The van der Waals surface area contributed by atoms with Gasteiger partial charge in [0, 0.05) is 37.3 Å². The highest BCUT2D eigenvalue weighted by Gasteiger charge is 2.24. The summed E-state index contributed by atoms with van der Waals surface area (Å²) in [5.74, 6) is 3.20. The largest absolute Gasteiger partial charge is 0.451 e. The average Bonchev–Trinajstić information content (AvgIpc) is 3.51. The van der Waals surface area contributed by atoms with Crippen molar-refractivity contribution in [3.63, 3.8) is 0 Å². The number of aromatic amines is 1. The molecule has 0 amide bonds. The third-order valence-corrected chi connectivity index (χ3v) is 5.76. The van der Waals surface area contributed by atoms with Crippen molar-refractivity contribution in [3.8, 4) is 11.7 Å². The normalized spacial score (nSPS) is 15.4. The fraction of sp³-hybridized carbons (Fsp3) is 0.273. The van der Waals surface area contributed by atoms with Gasteiger partial charge < -0.3 is 18.8 Å². The molecule has 4 aromatic heterocycles. The molecule has 1 aliphatic heterocycles. The number of hydrogen-bond donors (Lipinski definition) is 1.